The number of halogens is 1. The van der Waals surface area contributed by atoms with E-state index in [0.717, 1.165) is 10.9 Å². The van der Waals surface area contributed by atoms with E-state index in [4.69, 9.17) is 25.0 Å². The van der Waals surface area contributed by atoms with Gasteiger partial charge in [-0.05, 0) is 12.9 Å². The highest BCUT2D eigenvalue weighted by Gasteiger charge is 2.07. The van der Waals surface area contributed by atoms with Gasteiger partial charge in [0, 0.05) is 21.6 Å². The number of aryl methyl sites for hydroxylation is 1. The van der Waals surface area contributed by atoms with Gasteiger partial charge in [-0.3, -0.25) is 5.10 Å². The minimum Gasteiger partial charge on any atom is -0.486 e. The van der Waals surface area contributed by atoms with Crippen molar-refractivity contribution < 1.29 is 13.4 Å². The van der Waals surface area contributed by atoms with Gasteiger partial charge in [0.1, 0.15) is 23.8 Å². The van der Waals surface area contributed by atoms with Crippen LogP contribution in [-0.4, -0.2) is 15.4 Å². The van der Waals surface area contributed by atoms with E-state index in [2.05, 4.69) is 15.4 Å². The van der Waals surface area contributed by atoms with Gasteiger partial charge in [-0.25, -0.2) is 0 Å². The lowest BCUT2D eigenvalue weighted by molar-refractivity contribution is 0.288. The number of aromatic amines is 1. The molecule has 0 atom stereocenters. The molecule has 0 radical (unpaired) electrons. The fourth-order valence-corrected chi connectivity index (χ4v) is 1.81. The van der Waals surface area contributed by atoms with Crippen molar-refractivity contribution in [2.45, 2.75) is 13.5 Å². The molecule has 0 aliphatic heterocycles. The van der Waals surface area contributed by atoms with Gasteiger partial charge < -0.3 is 9.26 Å². The number of nitrogens with one attached hydrogen (secondary N) is 1. The first-order valence-corrected chi connectivity index (χ1v) is 5.53. The number of aromatic nitrogens is 3. The minimum atomic E-state index is -2.32. The van der Waals surface area contributed by atoms with Gasteiger partial charge in [0.15, 0.2) is 0 Å². The third-order valence-corrected chi connectivity index (χ3v) is 2.72. The number of rotatable bonds is 3. The van der Waals surface area contributed by atoms with Crippen LogP contribution in [0.25, 0.3) is 10.9 Å². The van der Waals surface area contributed by atoms with E-state index >= 15 is 0 Å². The lowest BCUT2D eigenvalue weighted by atomic mass is 10.2. The molecule has 92 valence electrons. The van der Waals surface area contributed by atoms with Crippen LogP contribution in [0.2, 0.25) is 5.02 Å². The van der Waals surface area contributed by atoms with Crippen molar-refractivity contribution in [3.8, 4) is 5.75 Å². The van der Waals surface area contributed by atoms with Gasteiger partial charge in [-0.2, -0.15) is 5.10 Å². The van der Waals surface area contributed by atoms with E-state index in [9.17, 15) is 0 Å². The van der Waals surface area contributed by atoms with Crippen molar-refractivity contribution in [3.63, 3.8) is 0 Å². The molecule has 1 aromatic carbocycles. The molecule has 0 fully saturated rings. The number of H-pyrrole nitrogens is 1. The molecule has 0 saturated carbocycles. The second kappa shape index (κ2) is 4.34. The molecule has 0 aliphatic rings. The number of fused-ring (bicyclic) bond motifs is 1. The van der Waals surface area contributed by atoms with Gasteiger partial charge in [-0.1, -0.05) is 16.8 Å². The average molecular weight is 267 g/mol. The summed E-state index contributed by atoms with van der Waals surface area (Å²) in [4.78, 5) is 0. The first-order chi connectivity index (χ1) is 9.93. The fourth-order valence-electron chi connectivity index (χ4n) is 1.59. The maximum atomic E-state index is 7.22. The van der Waals surface area contributed by atoms with Crippen LogP contribution in [-0.2, 0) is 6.61 Å². The summed E-state index contributed by atoms with van der Waals surface area (Å²) in [6, 6.07) is 4.79. The van der Waals surface area contributed by atoms with Crippen molar-refractivity contribution in [1.82, 2.24) is 15.4 Å². The smallest absolute Gasteiger partial charge is 0.140 e. The molecule has 5 nitrogen and oxygen atoms in total. The number of ether oxygens (including phenoxy) is 1. The zero-order valence-electron chi connectivity index (χ0n) is 12.1. The summed E-state index contributed by atoms with van der Waals surface area (Å²) in [5, 5.41) is 11.7. The summed E-state index contributed by atoms with van der Waals surface area (Å²) in [6.45, 7) is -2.27. The van der Waals surface area contributed by atoms with Crippen LogP contribution < -0.4 is 4.74 Å². The van der Waals surface area contributed by atoms with Crippen LogP contribution in [0, 0.1) is 6.85 Å². The SMILES string of the molecule is [2H]C([2H])([2H])c1cc(COc2cc3[nH]ncc3cc2Cl)no1. The standard InChI is InChI=1S/C12H10ClN3O2/c1-7-2-9(16-18-7)6-17-12-4-11-8(3-10(12)13)5-14-15-11/h2-5H,6H2,1H3,(H,14,15)/i1D3. The van der Waals surface area contributed by atoms with E-state index in [1.807, 2.05) is 0 Å². The Labute approximate surface area is 112 Å². The van der Waals surface area contributed by atoms with Crippen LogP contribution in [0.15, 0.2) is 28.9 Å². The summed E-state index contributed by atoms with van der Waals surface area (Å²) < 4.78 is 32.0. The second-order valence-electron chi connectivity index (χ2n) is 3.71. The van der Waals surface area contributed by atoms with Gasteiger partial charge in [-0.15, -0.1) is 0 Å². The van der Waals surface area contributed by atoms with E-state index in [-0.39, 0.29) is 12.4 Å². The Bertz CT molecular complexity index is 781. The normalized spacial score (nSPS) is 14.2. The second-order valence-corrected chi connectivity index (χ2v) is 4.12. The van der Waals surface area contributed by atoms with E-state index < -0.39 is 6.85 Å². The summed E-state index contributed by atoms with van der Waals surface area (Å²) in [5.41, 5.74) is 1.17. The molecule has 2 heterocycles. The van der Waals surface area contributed by atoms with Crippen molar-refractivity contribution >= 4 is 22.5 Å². The molecule has 0 saturated heterocycles. The molecule has 6 heteroatoms. The van der Waals surface area contributed by atoms with E-state index in [1.54, 1.807) is 18.3 Å². The van der Waals surface area contributed by atoms with Gasteiger partial charge in [0.25, 0.3) is 0 Å². The quantitative estimate of drug-likeness (QED) is 0.791. The van der Waals surface area contributed by atoms with Crippen LogP contribution >= 0.6 is 11.6 Å². The Morgan fingerprint density at radius 2 is 2.44 bits per heavy atom. The highest BCUT2D eigenvalue weighted by Crippen LogP contribution is 2.29. The predicted molar refractivity (Wildman–Crippen MR) is 66.7 cm³/mol. The van der Waals surface area contributed by atoms with Gasteiger partial charge in [0.05, 0.1) is 16.7 Å². The number of hydrogen-bond acceptors (Lipinski definition) is 4. The van der Waals surface area contributed by atoms with Crippen LogP contribution in [0.1, 0.15) is 15.6 Å². The third kappa shape index (κ3) is 2.04. The first kappa shape index (κ1) is 8.16. The number of hydrogen-bond donors (Lipinski definition) is 1. The van der Waals surface area contributed by atoms with Gasteiger partial charge >= 0.3 is 0 Å². The highest BCUT2D eigenvalue weighted by atomic mass is 35.5. The Morgan fingerprint density at radius 1 is 1.50 bits per heavy atom. The average Bonchev–Trinajstić information content (AvgIpc) is 3.03. The summed E-state index contributed by atoms with van der Waals surface area (Å²) in [6.07, 6.45) is 1.66. The molecule has 3 aromatic rings. The Hall–Kier alpha value is -2.01. The van der Waals surface area contributed by atoms with Gasteiger partial charge in [0.2, 0.25) is 0 Å². The molecule has 18 heavy (non-hydrogen) atoms. The van der Waals surface area contributed by atoms with E-state index in [1.165, 1.54) is 6.07 Å². The molecule has 2 aromatic heterocycles. The zero-order chi connectivity index (χ0) is 15.0. The third-order valence-electron chi connectivity index (χ3n) is 2.43. The zero-order valence-corrected chi connectivity index (χ0v) is 9.86. The van der Waals surface area contributed by atoms with Crippen LogP contribution in [0.4, 0.5) is 0 Å². The Morgan fingerprint density at radius 3 is 3.28 bits per heavy atom. The van der Waals surface area contributed by atoms with Crippen LogP contribution in [0.5, 0.6) is 5.75 Å². The topological polar surface area (TPSA) is 63.9 Å². The van der Waals surface area contributed by atoms with Crippen molar-refractivity contribution in [2.75, 3.05) is 0 Å². The molecule has 0 unspecified atom stereocenters. The summed E-state index contributed by atoms with van der Waals surface area (Å²) in [7, 11) is 0. The predicted octanol–water partition coefficient (Wildman–Crippen LogP) is 3.09. The molecule has 3 rings (SSSR count). The summed E-state index contributed by atoms with van der Waals surface area (Å²) >= 11 is 6.10. The minimum absolute atomic E-state index is 0.0545. The van der Waals surface area contributed by atoms with Crippen LogP contribution in [0.3, 0.4) is 0 Å². The molecular formula is C12H10ClN3O2. The number of benzene rings is 1. The highest BCUT2D eigenvalue weighted by molar-refractivity contribution is 6.32. The molecule has 0 aliphatic carbocycles. The Balaban J connectivity index is 1.77. The molecule has 0 bridgehead atoms. The lowest BCUT2D eigenvalue weighted by Gasteiger charge is -2.06. The van der Waals surface area contributed by atoms with Crippen molar-refractivity contribution in [2.24, 2.45) is 0 Å². The summed E-state index contributed by atoms with van der Waals surface area (Å²) in [5.74, 6) is 0.281. The molecular weight excluding hydrogens is 254 g/mol. The fraction of sp³-hybridized carbons (Fsp3) is 0.167. The van der Waals surface area contributed by atoms with Crippen molar-refractivity contribution in [3.05, 3.63) is 40.9 Å². The Kier molecular flexibility index (Phi) is 1.97. The molecule has 1 N–H and O–H groups in total. The first-order valence-electron chi connectivity index (χ1n) is 6.65. The molecule has 0 amide bonds. The van der Waals surface area contributed by atoms with E-state index in [0.29, 0.717) is 16.5 Å². The maximum absolute atomic E-state index is 7.22. The number of nitrogens with zero attached hydrogens (tertiary/aromatic N) is 2. The lowest BCUT2D eigenvalue weighted by Crippen LogP contribution is -1.96. The largest absolute Gasteiger partial charge is 0.486 e. The maximum Gasteiger partial charge on any atom is 0.140 e. The van der Waals surface area contributed by atoms with Crippen molar-refractivity contribution in [1.29, 1.82) is 0 Å². The monoisotopic (exact) mass is 266 g/mol. The molecule has 0 spiro atoms.